The molecule has 1 atom stereocenters. The number of anilines is 1. The average molecular weight is 301 g/mol. The van der Waals surface area contributed by atoms with E-state index in [2.05, 4.69) is 5.32 Å². The zero-order chi connectivity index (χ0) is 15.2. The van der Waals surface area contributed by atoms with Crippen molar-refractivity contribution in [3.63, 3.8) is 0 Å². The van der Waals surface area contributed by atoms with Crippen molar-refractivity contribution in [2.75, 3.05) is 18.5 Å². The summed E-state index contributed by atoms with van der Waals surface area (Å²) in [5, 5.41) is 12.1. The van der Waals surface area contributed by atoms with Crippen molar-refractivity contribution in [3.8, 4) is 0 Å². The van der Waals surface area contributed by atoms with Crippen LogP contribution in [0.4, 0.5) is 18.9 Å². The van der Waals surface area contributed by atoms with Crippen molar-refractivity contribution in [1.29, 1.82) is 0 Å². The highest BCUT2D eigenvalue weighted by Crippen LogP contribution is 2.18. The molecule has 2 aromatic rings. The normalized spacial score (nSPS) is 12.4. The molecule has 0 aliphatic heterocycles. The summed E-state index contributed by atoms with van der Waals surface area (Å²) in [6, 6.07) is 4.57. The van der Waals surface area contributed by atoms with Gasteiger partial charge in [-0.3, -0.25) is 0 Å². The third kappa shape index (κ3) is 4.51. The lowest BCUT2D eigenvalue weighted by atomic mass is 10.2. The Hall–Kier alpha value is -1.99. The van der Waals surface area contributed by atoms with E-state index in [1.54, 1.807) is 12.1 Å². The maximum Gasteiger partial charge on any atom is 0.161 e. The van der Waals surface area contributed by atoms with Gasteiger partial charge in [0, 0.05) is 18.7 Å². The fourth-order valence-corrected chi connectivity index (χ4v) is 1.63. The number of hydrogen-bond acceptors (Lipinski definition) is 4. The topological polar surface area (TPSA) is 54.6 Å². The van der Waals surface area contributed by atoms with Gasteiger partial charge in [0.15, 0.2) is 11.6 Å². The van der Waals surface area contributed by atoms with E-state index in [9.17, 15) is 18.3 Å². The van der Waals surface area contributed by atoms with Crippen LogP contribution in [0.2, 0.25) is 0 Å². The number of furan rings is 1. The number of halogens is 3. The van der Waals surface area contributed by atoms with Gasteiger partial charge in [0.25, 0.3) is 0 Å². The molecular formula is C14H14F3NO3. The predicted octanol–water partition coefficient (Wildman–Crippen LogP) is 2.69. The van der Waals surface area contributed by atoms with Crippen molar-refractivity contribution in [2.45, 2.75) is 12.7 Å². The number of benzene rings is 1. The quantitative estimate of drug-likeness (QED) is 0.772. The largest absolute Gasteiger partial charge is 0.467 e. The number of ether oxygens (including phenoxy) is 1. The summed E-state index contributed by atoms with van der Waals surface area (Å²) in [4.78, 5) is 0. The molecule has 0 saturated heterocycles. The molecule has 2 rings (SSSR count). The first-order valence-electron chi connectivity index (χ1n) is 6.23. The van der Waals surface area contributed by atoms with Crippen molar-refractivity contribution in [3.05, 3.63) is 53.7 Å². The molecule has 0 fully saturated rings. The first-order chi connectivity index (χ1) is 10.1. The second-order valence-electron chi connectivity index (χ2n) is 4.38. The first-order valence-corrected chi connectivity index (χ1v) is 6.23. The molecule has 0 spiro atoms. The van der Waals surface area contributed by atoms with Crippen LogP contribution < -0.4 is 5.32 Å². The van der Waals surface area contributed by atoms with Gasteiger partial charge < -0.3 is 19.6 Å². The Bertz CT molecular complexity index is 575. The monoisotopic (exact) mass is 301 g/mol. The molecule has 114 valence electrons. The van der Waals surface area contributed by atoms with Crippen molar-refractivity contribution in [1.82, 2.24) is 0 Å². The summed E-state index contributed by atoms with van der Waals surface area (Å²) in [7, 11) is 0. The smallest absolute Gasteiger partial charge is 0.161 e. The molecule has 0 bridgehead atoms. The molecule has 0 radical (unpaired) electrons. The molecule has 2 N–H and O–H groups in total. The minimum atomic E-state index is -1.26. The number of nitrogens with one attached hydrogen (secondary N) is 1. The van der Waals surface area contributed by atoms with Crippen LogP contribution in [0.3, 0.4) is 0 Å². The first kappa shape index (κ1) is 15.4. The molecule has 1 aromatic heterocycles. The van der Waals surface area contributed by atoms with E-state index in [0.29, 0.717) is 17.9 Å². The van der Waals surface area contributed by atoms with Crippen LogP contribution in [-0.2, 0) is 11.3 Å². The molecule has 0 amide bonds. The van der Waals surface area contributed by atoms with Gasteiger partial charge in [-0.05, 0) is 12.1 Å². The summed E-state index contributed by atoms with van der Waals surface area (Å²) in [5.74, 6) is -2.75. The van der Waals surface area contributed by atoms with Gasteiger partial charge in [-0.15, -0.1) is 0 Å². The van der Waals surface area contributed by atoms with Crippen LogP contribution in [0.15, 0.2) is 34.9 Å². The van der Waals surface area contributed by atoms with E-state index in [1.165, 1.54) is 6.26 Å². The van der Waals surface area contributed by atoms with Crippen molar-refractivity contribution in [2.24, 2.45) is 0 Å². The zero-order valence-corrected chi connectivity index (χ0v) is 11.0. The highest BCUT2D eigenvalue weighted by atomic mass is 19.2. The fraction of sp³-hybridized carbons (Fsp3) is 0.286. The van der Waals surface area contributed by atoms with Crippen LogP contribution >= 0.6 is 0 Å². The third-order valence-corrected chi connectivity index (χ3v) is 2.67. The second-order valence-corrected chi connectivity index (χ2v) is 4.38. The average Bonchev–Trinajstić information content (AvgIpc) is 2.94. The highest BCUT2D eigenvalue weighted by Gasteiger charge is 2.11. The van der Waals surface area contributed by atoms with Gasteiger partial charge >= 0.3 is 0 Å². The fourth-order valence-electron chi connectivity index (χ4n) is 1.63. The van der Waals surface area contributed by atoms with Gasteiger partial charge in [-0.2, -0.15) is 0 Å². The Balaban J connectivity index is 1.76. The molecule has 1 heterocycles. The lowest BCUT2D eigenvalue weighted by molar-refractivity contribution is 0.0282. The molecule has 0 aliphatic carbocycles. The van der Waals surface area contributed by atoms with Crippen LogP contribution in [0.5, 0.6) is 0 Å². The van der Waals surface area contributed by atoms with Crippen molar-refractivity contribution >= 4 is 5.69 Å². The van der Waals surface area contributed by atoms with Gasteiger partial charge in [0.2, 0.25) is 0 Å². The number of aliphatic hydroxyl groups excluding tert-OH is 1. The maximum atomic E-state index is 13.3. The molecular weight excluding hydrogens is 287 g/mol. The Morgan fingerprint density at radius 1 is 1.19 bits per heavy atom. The number of aliphatic hydroxyl groups is 1. The van der Waals surface area contributed by atoms with Crippen LogP contribution in [0.1, 0.15) is 5.76 Å². The Kier molecular flexibility index (Phi) is 5.24. The third-order valence-electron chi connectivity index (χ3n) is 2.67. The van der Waals surface area contributed by atoms with Crippen LogP contribution in [0, 0.1) is 17.5 Å². The molecule has 21 heavy (non-hydrogen) atoms. The molecule has 1 unspecified atom stereocenters. The highest BCUT2D eigenvalue weighted by molar-refractivity contribution is 5.45. The summed E-state index contributed by atoms with van der Waals surface area (Å²) in [5.41, 5.74) is -0.223. The molecule has 4 nitrogen and oxygen atoms in total. The Morgan fingerprint density at radius 3 is 2.67 bits per heavy atom. The number of hydrogen-bond donors (Lipinski definition) is 2. The summed E-state index contributed by atoms with van der Waals surface area (Å²) >= 11 is 0. The van der Waals surface area contributed by atoms with E-state index in [-0.39, 0.29) is 25.4 Å². The standard InChI is InChI=1S/C14H14F3NO3/c15-11-4-13(17)14(5-12(11)16)18-6-9(19)7-20-8-10-2-1-3-21-10/h1-5,9,18-19H,6-8H2. The number of rotatable bonds is 7. The van der Waals surface area contributed by atoms with Gasteiger partial charge in [0.05, 0.1) is 24.7 Å². The summed E-state index contributed by atoms with van der Waals surface area (Å²) in [6.07, 6.45) is 0.565. The van der Waals surface area contributed by atoms with Gasteiger partial charge in [-0.1, -0.05) is 0 Å². The molecule has 1 aromatic carbocycles. The predicted molar refractivity (Wildman–Crippen MR) is 69.2 cm³/mol. The van der Waals surface area contributed by atoms with Gasteiger partial charge in [0.1, 0.15) is 18.2 Å². The molecule has 7 heteroatoms. The van der Waals surface area contributed by atoms with E-state index >= 15 is 0 Å². The van der Waals surface area contributed by atoms with Gasteiger partial charge in [-0.25, -0.2) is 13.2 Å². The summed E-state index contributed by atoms with van der Waals surface area (Å²) in [6.45, 7) is 0.114. The lowest BCUT2D eigenvalue weighted by Crippen LogP contribution is -2.25. The summed E-state index contributed by atoms with van der Waals surface area (Å²) < 4.78 is 49.3. The Labute approximate surface area is 119 Å². The zero-order valence-electron chi connectivity index (χ0n) is 11.0. The van der Waals surface area contributed by atoms with E-state index < -0.39 is 23.6 Å². The molecule has 0 aliphatic rings. The van der Waals surface area contributed by atoms with E-state index in [1.807, 2.05) is 0 Å². The lowest BCUT2D eigenvalue weighted by Gasteiger charge is -2.13. The molecule has 0 saturated carbocycles. The minimum absolute atomic E-state index is 0.0149. The maximum absolute atomic E-state index is 13.3. The SMILES string of the molecule is OC(CNc1cc(F)c(F)cc1F)COCc1ccco1. The second kappa shape index (κ2) is 7.14. The van der Waals surface area contributed by atoms with E-state index in [4.69, 9.17) is 9.15 Å². The Morgan fingerprint density at radius 2 is 1.95 bits per heavy atom. The van der Waals surface area contributed by atoms with Crippen LogP contribution in [-0.4, -0.2) is 24.4 Å². The van der Waals surface area contributed by atoms with Crippen LogP contribution in [0.25, 0.3) is 0 Å². The minimum Gasteiger partial charge on any atom is -0.467 e. The van der Waals surface area contributed by atoms with E-state index in [0.717, 1.165) is 0 Å². The van der Waals surface area contributed by atoms with Crippen molar-refractivity contribution < 1.29 is 27.4 Å².